The SMILES string of the molecule is CN1CCN(Cc2cccc(CN3CCN(C)P34=NP(N3CCCC3)(N3CCCC3)=NP(N3CCCC3)(N3CCCC3)=N4)c2)P12=NP(N1CCCC1)(N1CCCC1)=NP(N1CCCC1)(N1CCCC1)=N2. The summed E-state index contributed by atoms with van der Waals surface area (Å²) in [5.41, 5.74) is 2.80. The zero-order chi connectivity index (χ0) is 47.0. The van der Waals surface area contributed by atoms with Crippen LogP contribution in [0.5, 0.6) is 0 Å². The lowest BCUT2D eigenvalue weighted by Crippen LogP contribution is -2.34. The van der Waals surface area contributed by atoms with Crippen LogP contribution in [0.15, 0.2) is 51.4 Å². The largest absolute Gasteiger partial charge is 0.241 e. The van der Waals surface area contributed by atoms with Gasteiger partial charge in [-0.1, -0.05) is 24.3 Å². The summed E-state index contributed by atoms with van der Waals surface area (Å²) in [4.78, 5) is 0. The molecule has 10 saturated heterocycles. The van der Waals surface area contributed by atoms with Crippen molar-refractivity contribution in [3.8, 4) is 0 Å². The third-order valence-electron chi connectivity index (χ3n) is 17.9. The van der Waals surface area contributed by atoms with Gasteiger partial charge in [0.1, 0.15) is 0 Å². The van der Waals surface area contributed by atoms with Crippen molar-refractivity contribution in [2.45, 2.75) is 116 Å². The second kappa shape index (κ2) is 20.2. The Morgan fingerprint density at radius 3 is 0.757 bits per heavy atom. The van der Waals surface area contributed by atoms with Gasteiger partial charge in [-0.3, -0.25) is 0 Å². The molecule has 2 atom stereocenters. The van der Waals surface area contributed by atoms with E-state index in [1.165, 1.54) is 114 Å². The molecule has 0 saturated carbocycles. The predicted octanol–water partition coefficient (Wildman–Crippen LogP) is 11.7. The molecule has 0 N–H and O–H groups in total. The Morgan fingerprint density at radius 2 is 0.514 bits per heavy atom. The van der Waals surface area contributed by atoms with Crippen molar-refractivity contribution in [2.24, 2.45) is 27.1 Å². The zero-order valence-electron chi connectivity index (χ0n) is 42.9. The summed E-state index contributed by atoms with van der Waals surface area (Å²) in [6.45, 7) is 23.9. The molecule has 0 aromatic heterocycles. The molecule has 13 rings (SSSR count). The molecule has 2 spiro atoms. The zero-order valence-corrected chi connectivity index (χ0v) is 48.3. The van der Waals surface area contributed by atoms with Gasteiger partial charge in [-0.15, -0.1) is 0 Å². The minimum atomic E-state index is -2.52. The highest BCUT2D eigenvalue weighted by Gasteiger charge is 2.56. The van der Waals surface area contributed by atoms with Gasteiger partial charge in [-0.05, 0) is 128 Å². The topological polar surface area (TPSA) is 113 Å². The van der Waals surface area contributed by atoms with Crippen molar-refractivity contribution in [1.29, 1.82) is 0 Å². The van der Waals surface area contributed by atoms with Gasteiger partial charge in [-0.25, -0.2) is 56.0 Å². The van der Waals surface area contributed by atoms with Crippen molar-refractivity contribution in [2.75, 3.05) is 145 Å². The standard InChI is InChI=1S/C46H86N18P6/c1-53-38-40-63(65(53)47-67(55-22-3-4-23-55,56-24-5-6-25-56)51-68(48-65,57-26-7-8-27-57)58-28-9-10-29-58)43-45-20-19-21-46(42-45)44-64-41-39-54(2)66(64)49-69(59-30-11-12-31-59,60-32-13-14-33-60)52-70(50-66,61-34-15-16-35-61)62-36-17-18-37-62/h19-21,42H,3-18,22-41,43-44H2,1-2H3. The highest BCUT2D eigenvalue weighted by molar-refractivity contribution is 7.84. The minimum absolute atomic E-state index is 0.879. The maximum absolute atomic E-state index is 6.45. The van der Waals surface area contributed by atoms with Crippen molar-refractivity contribution in [3.63, 3.8) is 0 Å². The average Bonchev–Trinajstić information content (AvgIpc) is 4.23. The van der Waals surface area contributed by atoms with Crippen molar-refractivity contribution in [1.82, 2.24) is 56.0 Å². The summed E-state index contributed by atoms with van der Waals surface area (Å²) in [6.07, 6.45) is 20.2. The lowest BCUT2D eigenvalue weighted by atomic mass is 10.1. The van der Waals surface area contributed by atoms with Crippen LogP contribution in [0.3, 0.4) is 0 Å². The Balaban J connectivity index is 0.910. The molecule has 12 aliphatic heterocycles. The Kier molecular flexibility index (Phi) is 14.3. The van der Waals surface area contributed by atoms with Gasteiger partial charge in [0.25, 0.3) is 0 Å². The summed E-state index contributed by atoms with van der Waals surface area (Å²) in [5.74, 6) is 0. The Hall–Kier alpha value is 0.120. The van der Waals surface area contributed by atoms with Gasteiger partial charge < -0.3 is 0 Å². The molecular weight excluding hydrogens is 990 g/mol. The molecule has 390 valence electrons. The fourth-order valence-electron chi connectivity index (χ4n) is 14.0. The molecule has 2 unspecified atom stereocenters. The van der Waals surface area contributed by atoms with E-state index in [-0.39, 0.29) is 0 Å². The van der Waals surface area contributed by atoms with E-state index in [0.717, 1.165) is 144 Å². The molecule has 10 fully saturated rings. The maximum atomic E-state index is 6.45. The first-order valence-corrected chi connectivity index (χ1v) is 37.8. The van der Waals surface area contributed by atoms with Crippen LogP contribution in [0.2, 0.25) is 0 Å². The van der Waals surface area contributed by atoms with Crippen LogP contribution in [-0.4, -0.2) is 201 Å². The minimum Gasteiger partial charge on any atom is -0.241 e. The average molecular weight is 1080 g/mol. The van der Waals surface area contributed by atoms with Crippen LogP contribution < -0.4 is 0 Å². The first-order chi connectivity index (χ1) is 34.3. The van der Waals surface area contributed by atoms with Crippen LogP contribution in [0, 0.1) is 0 Å². The quantitative estimate of drug-likeness (QED) is 0.186. The van der Waals surface area contributed by atoms with E-state index in [9.17, 15) is 0 Å². The first-order valence-electron chi connectivity index (χ1n) is 28.2. The summed E-state index contributed by atoms with van der Waals surface area (Å²) in [7, 11) is -9.87. The molecule has 70 heavy (non-hydrogen) atoms. The van der Waals surface area contributed by atoms with E-state index >= 15 is 0 Å². The summed E-state index contributed by atoms with van der Waals surface area (Å²) in [6, 6.07) is 9.78. The van der Waals surface area contributed by atoms with E-state index in [0.29, 0.717) is 0 Å². The lowest BCUT2D eigenvalue weighted by Gasteiger charge is -2.49. The third-order valence-corrected chi connectivity index (χ3v) is 43.1. The first kappa shape index (κ1) is 49.7. The second-order valence-corrected chi connectivity index (χ2v) is 40.2. The van der Waals surface area contributed by atoms with Gasteiger partial charge in [0.2, 0.25) is 45.0 Å². The summed E-state index contributed by atoms with van der Waals surface area (Å²) < 4.78 is 72.4. The van der Waals surface area contributed by atoms with Gasteiger partial charge >= 0.3 is 0 Å². The molecule has 1 aromatic carbocycles. The molecular formula is C46H86N18P6. The molecule has 12 aliphatic rings. The van der Waals surface area contributed by atoms with Crippen LogP contribution in [0.1, 0.15) is 114 Å². The van der Waals surface area contributed by atoms with Crippen molar-refractivity contribution in [3.05, 3.63) is 35.4 Å². The maximum Gasteiger partial charge on any atom is 0.221 e. The van der Waals surface area contributed by atoms with Crippen LogP contribution >= 0.6 is 45.0 Å². The van der Waals surface area contributed by atoms with E-state index < -0.39 is 45.0 Å². The van der Waals surface area contributed by atoms with Gasteiger partial charge in [-0.2, -0.15) is 27.1 Å². The molecule has 0 bridgehead atoms. The highest BCUT2D eigenvalue weighted by Crippen LogP contribution is 2.87. The Labute approximate surface area is 422 Å². The van der Waals surface area contributed by atoms with E-state index in [4.69, 9.17) is 27.1 Å². The molecule has 1 aromatic rings. The Morgan fingerprint density at radius 1 is 0.300 bits per heavy atom. The molecule has 0 amide bonds. The number of benzene rings is 1. The van der Waals surface area contributed by atoms with Crippen molar-refractivity contribution >= 4 is 45.0 Å². The molecule has 0 aliphatic carbocycles. The number of nitrogens with zero attached hydrogens (tertiary/aromatic N) is 18. The van der Waals surface area contributed by atoms with Crippen molar-refractivity contribution < 1.29 is 0 Å². The normalized spacial score (nSPS) is 35.3. The van der Waals surface area contributed by atoms with Crippen LogP contribution in [-0.2, 0) is 13.1 Å². The highest BCUT2D eigenvalue weighted by atomic mass is 31.3. The smallest absolute Gasteiger partial charge is 0.221 e. The number of likely N-dealkylation sites (N-methyl/N-ethyl adjacent to an activating group) is 2. The number of hydrogen-bond donors (Lipinski definition) is 0. The lowest BCUT2D eigenvalue weighted by molar-refractivity contribution is 0.446. The van der Waals surface area contributed by atoms with E-state index in [1.807, 2.05) is 0 Å². The van der Waals surface area contributed by atoms with E-state index in [2.05, 4.69) is 94.4 Å². The fraction of sp³-hybridized carbons (Fsp3) is 0.870. The fourth-order valence-corrected chi connectivity index (χ4v) is 46.8. The summed E-state index contributed by atoms with van der Waals surface area (Å²) in [5, 5.41) is 0. The summed E-state index contributed by atoms with van der Waals surface area (Å²) >= 11 is 0. The van der Waals surface area contributed by atoms with Crippen LogP contribution in [0.25, 0.3) is 0 Å². The molecule has 24 heteroatoms. The number of rotatable bonds is 12. The second-order valence-electron chi connectivity index (χ2n) is 22.4. The predicted molar refractivity (Wildman–Crippen MR) is 295 cm³/mol. The van der Waals surface area contributed by atoms with Gasteiger partial charge in [0.05, 0.1) is 0 Å². The monoisotopic (exact) mass is 1080 g/mol. The number of hydrogen-bond acceptors (Lipinski definition) is 18. The molecule has 0 radical (unpaired) electrons. The van der Waals surface area contributed by atoms with Gasteiger partial charge in [0, 0.05) is 144 Å². The van der Waals surface area contributed by atoms with E-state index in [1.54, 1.807) is 0 Å². The third kappa shape index (κ3) is 8.31. The molecule has 18 nitrogen and oxygen atoms in total. The Bertz CT molecular complexity index is 2140. The van der Waals surface area contributed by atoms with Crippen LogP contribution in [0.4, 0.5) is 0 Å². The molecule has 12 heterocycles. The van der Waals surface area contributed by atoms with Gasteiger partial charge in [0.15, 0.2) is 0 Å².